The maximum atomic E-state index is 11.9. The van der Waals surface area contributed by atoms with Gasteiger partial charge in [0.15, 0.2) is 0 Å². The van der Waals surface area contributed by atoms with Crippen LogP contribution in [0.3, 0.4) is 0 Å². The molecule has 0 spiro atoms. The standard InChI is InChI=1S/C18H30N4O2/c1-13-7-6-8-22(12-15-10-19-14(2)9-20-15)16(13)11-21-17(23)24-18(3,4)5/h9-10,13,16H,6-8,11-12H2,1-5H3,(H,21,23)/t13-,16-/m1/s1. The van der Waals surface area contributed by atoms with E-state index in [4.69, 9.17) is 4.74 Å². The lowest BCUT2D eigenvalue weighted by Crippen LogP contribution is -2.50. The quantitative estimate of drug-likeness (QED) is 0.917. The Morgan fingerprint density at radius 1 is 1.38 bits per heavy atom. The average Bonchev–Trinajstić information content (AvgIpc) is 2.47. The molecule has 0 aliphatic carbocycles. The molecule has 1 N–H and O–H groups in total. The van der Waals surface area contributed by atoms with Crippen LogP contribution in [0, 0.1) is 12.8 Å². The van der Waals surface area contributed by atoms with Crippen molar-refractivity contribution < 1.29 is 9.53 Å². The summed E-state index contributed by atoms with van der Waals surface area (Å²) in [6.07, 6.45) is 5.64. The van der Waals surface area contributed by atoms with Gasteiger partial charge in [0.05, 0.1) is 11.4 Å². The summed E-state index contributed by atoms with van der Waals surface area (Å²) in [5.74, 6) is 0.520. The third-order valence-corrected chi connectivity index (χ3v) is 4.28. The molecule has 1 fully saturated rings. The van der Waals surface area contributed by atoms with E-state index in [9.17, 15) is 4.79 Å². The van der Waals surface area contributed by atoms with E-state index in [1.165, 1.54) is 12.8 Å². The van der Waals surface area contributed by atoms with Crippen molar-refractivity contribution in [3.8, 4) is 0 Å². The largest absolute Gasteiger partial charge is 0.444 e. The second kappa shape index (κ2) is 7.92. The van der Waals surface area contributed by atoms with E-state index in [0.29, 0.717) is 12.5 Å². The Morgan fingerprint density at radius 2 is 2.12 bits per heavy atom. The molecule has 24 heavy (non-hydrogen) atoms. The van der Waals surface area contributed by atoms with Crippen LogP contribution in [-0.4, -0.2) is 45.7 Å². The van der Waals surface area contributed by atoms with Crippen LogP contribution in [0.15, 0.2) is 12.4 Å². The summed E-state index contributed by atoms with van der Waals surface area (Å²) < 4.78 is 5.34. The summed E-state index contributed by atoms with van der Waals surface area (Å²) in [7, 11) is 0. The lowest BCUT2D eigenvalue weighted by molar-refractivity contribution is 0.0455. The van der Waals surface area contributed by atoms with E-state index < -0.39 is 5.60 Å². The van der Waals surface area contributed by atoms with E-state index >= 15 is 0 Å². The highest BCUT2D eigenvalue weighted by atomic mass is 16.6. The lowest BCUT2D eigenvalue weighted by Gasteiger charge is -2.40. The molecule has 2 heterocycles. The average molecular weight is 334 g/mol. The zero-order chi connectivity index (χ0) is 17.7. The van der Waals surface area contributed by atoms with Gasteiger partial charge in [0.25, 0.3) is 0 Å². The molecule has 1 aromatic rings. The first-order chi connectivity index (χ1) is 11.2. The van der Waals surface area contributed by atoms with E-state index in [2.05, 4.69) is 27.1 Å². The molecule has 1 aliphatic rings. The number of alkyl carbamates (subject to hydrolysis) is 1. The van der Waals surface area contributed by atoms with Gasteiger partial charge in [-0.2, -0.15) is 0 Å². The first-order valence-electron chi connectivity index (χ1n) is 8.73. The number of nitrogens with zero attached hydrogens (tertiary/aromatic N) is 3. The summed E-state index contributed by atoms with van der Waals surface area (Å²) in [5, 5.41) is 2.93. The highest BCUT2D eigenvalue weighted by Gasteiger charge is 2.29. The number of aromatic nitrogens is 2. The number of aryl methyl sites for hydroxylation is 1. The number of carbonyl (C=O) groups excluding carboxylic acids is 1. The van der Waals surface area contributed by atoms with Crippen LogP contribution in [0.4, 0.5) is 4.79 Å². The van der Waals surface area contributed by atoms with Crippen molar-refractivity contribution >= 4 is 6.09 Å². The van der Waals surface area contributed by atoms with E-state index in [0.717, 1.165) is 24.5 Å². The molecule has 0 aromatic carbocycles. The van der Waals surface area contributed by atoms with Gasteiger partial charge in [-0.15, -0.1) is 0 Å². The summed E-state index contributed by atoms with van der Waals surface area (Å²) in [6.45, 7) is 12.2. The molecule has 2 rings (SSSR count). The third-order valence-electron chi connectivity index (χ3n) is 4.28. The molecule has 6 nitrogen and oxygen atoms in total. The van der Waals surface area contributed by atoms with Crippen molar-refractivity contribution in [2.75, 3.05) is 13.1 Å². The number of amides is 1. The first kappa shape index (κ1) is 18.6. The minimum atomic E-state index is -0.473. The molecule has 1 aliphatic heterocycles. The van der Waals surface area contributed by atoms with Crippen LogP contribution in [0.5, 0.6) is 0 Å². The van der Waals surface area contributed by atoms with Crippen LogP contribution < -0.4 is 5.32 Å². The van der Waals surface area contributed by atoms with Crippen LogP contribution in [0.25, 0.3) is 0 Å². The van der Waals surface area contributed by atoms with Crippen LogP contribution in [0.1, 0.15) is 51.9 Å². The fourth-order valence-corrected chi connectivity index (χ4v) is 3.07. The van der Waals surface area contributed by atoms with Gasteiger partial charge in [-0.05, 0) is 53.0 Å². The molecule has 0 unspecified atom stereocenters. The van der Waals surface area contributed by atoms with Crippen LogP contribution in [-0.2, 0) is 11.3 Å². The van der Waals surface area contributed by atoms with Crippen molar-refractivity contribution in [3.63, 3.8) is 0 Å². The predicted octanol–water partition coefficient (Wildman–Crippen LogP) is 2.91. The Kier molecular flexibility index (Phi) is 6.15. The maximum absolute atomic E-state index is 11.9. The number of ether oxygens (including phenoxy) is 1. The minimum Gasteiger partial charge on any atom is -0.444 e. The van der Waals surface area contributed by atoms with Crippen molar-refractivity contribution in [1.82, 2.24) is 20.2 Å². The number of nitrogens with one attached hydrogen (secondary N) is 1. The van der Waals surface area contributed by atoms with E-state index in [1.807, 2.05) is 33.9 Å². The number of hydrogen-bond donors (Lipinski definition) is 1. The van der Waals surface area contributed by atoms with Crippen LogP contribution >= 0.6 is 0 Å². The van der Waals surface area contributed by atoms with Gasteiger partial charge in [-0.1, -0.05) is 6.92 Å². The van der Waals surface area contributed by atoms with E-state index in [1.54, 1.807) is 6.20 Å². The molecule has 1 amide bonds. The van der Waals surface area contributed by atoms with Gasteiger partial charge < -0.3 is 10.1 Å². The topological polar surface area (TPSA) is 67.4 Å². The van der Waals surface area contributed by atoms with Gasteiger partial charge in [-0.25, -0.2) is 4.79 Å². The third kappa shape index (κ3) is 5.74. The second-order valence-electron chi connectivity index (χ2n) is 7.69. The molecule has 1 saturated heterocycles. The van der Waals surface area contributed by atoms with E-state index in [-0.39, 0.29) is 12.1 Å². The monoisotopic (exact) mass is 334 g/mol. The normalized spacial score (nSPS) is 22.2. The highest BCUT2D eigenvalue weighted by Crippen LogP contribution is 2.24. The van der Waals surface area contributed by atoms with Crippen molar-refractivity contribution in [2.45, 2.75) is 65.6 Å². The number of piperidine rings is 1. The second-order valence-corrected chi connectivity index (χ2v) is 7.69. The van der Waals surface area contributed by atoms with Gasteiger partial charge in [0, 0.05) is 31.5 Å². The van der Waals surface area contributed by atoms with Gasteiger partial charge in [0.2, 0.25) is 0 Å². The SMILES string of the molecule is Cc1cnc(CN2CCC[C@@H](C)[C@H]2CNC(=O)OC(C)(C)C)cn1. The Balaban J connectivity index is 1.95. The van der Waals surface area contributed by atoms with Gasteiger partial charge >= 0.3 is 6.09 Å². The van der Waals surface area contributed by atoms with Gasteiger partial charge in [-0.3, -0.25) is 14.9 Å². The zero-order valence-electron chi connectivity index (χ0n) is 15.5. The molecular weight excluding hydrogens is 304 g/mol. The minimum absolute atomic E-state index is 0.286. The van der Waals surface area contributed by atoms with Crippen LogP contribution in [0.2, 0.25) is 0 Å². The predicted molar refractivity (Wildman–Crippen MR) is 93.6 cm³/mol. The Bertz CT molecular complexity index is 539. The van der Waals surface area contributed by atoms with Gasteiger partial charge in [0.1, 0.15) is 5.60 Å². The van der Waals surface area contributed by atoms with Crippen molar-refractivity contribution in [2.24, 2.45) is 5.92 Å². The number of carbonyl (C=O) groups is 1. The Hall–Kier alpha value is -1.69. The molecule has 0 radical (unpaired) electrons. The summed E-state index contributed by atoms with van der Waals surface area (Å²) in [6, 6.07) is 0.286. The number of hydrogen-bond acceptors (Lipinski definition) is 5. The number of likely N-dealkylation sites (tertiary alicyclic amines) is 1. The molecule has 0 saturated carbocycles. The first-order valence-corrected chi connectivity index (χ1v) is 8.73. The summed E-state index contributed by atoms with van der Waals surface area (Å²) in [4.78, 5) is 23.1. The molecule has 6 heteroatoms. The van der Waals surface area contributed by atoms with Crippen molar-refractivity contribution in [3.05, 3.63) is 23.8 Å². The van der Waals surface area contributed by atoms with Crippen molar-refractivity contribution in [1.29, 1.82) is 0 Å². The summed E-state index contributed by atoms with van der Waals surface area (Å²) >= 11 is 0. The molecule has 134 valence electrons. The molecule has 2 atom stereocenters. The Morgan fingerprint density at radius 3 is 2.75 bits per heavy atom. The smallest absolute Gasteiger partial charge is 0.407 e. The summed E-state index contributed by atoms with van der Waals surface area (Å²) in [5.41, 5.74) is 1.42. The molecule has 0 bridgehead atoms. The molecule has 1 aromatic heterocycles. The number of rotatable bonds is 4. The molecular formula is C18H30N4O2. The highest BCUT2D eigenvalue weighted by molar-refractivity contribution is 5.67. The fraction of sp³-hybridized carbons (Fsp3) is 0.722. The fourth-order valence-electron chi connectivity index (χ4n) is 3.07. The lowest BCUT2D eigenvalue weighted by atomic mass is 9.90. The zero-order valence-corrected chi connectivity index (χ0v) is 15.5. The Labute approximate surface area is 145 Å². The maximum Gasteiger partial charge on any atom is 0.407 e.